The molecular weight excluding hydrogens is 206 g/mol. The molecule has 4 nitrogen and oxygen atoms in total. The minimum atomic E-state index is -0.876. The second-order valence-electron chi connectivity index (χ2n) is 4.76. The van der Waals surface area contributed by atoms with Gasteiger partial charge in [0.25, 0.3) is 0 Å². The number of hydrogen-bond acceptors (Lipinski definition) is 2. The first-order valence-corrected chi connectivity index (χ1v) is 5.54. The predicted molar refractivity (Wildman–Crippen MR) is 60.8 cm³/mol. The van der Waals surface area contributed by atoms with Crippen molar-refractivity contribution in [2.75, 3.05) is 6.54 Å². The number of carboxylic acids is 1. The largest absolute Gasteiger partial charge is 0.481 e. The summed E-state index contributed by atoms with van der Waals surface area (Å²) in [4.78, 5) is 22.6. The Morgan fingerprint density at radius 3 is 2.44 bits per heavy atom. The Bertz CT molecular complexity index is 320. The Kier molecular flexibility index (Phi) is 3.73. The van der Waals surface area contributed by atoms with E-state index in [2.05, 4.69) is 5.32 Å². The van der Waals surface area contributed by atoms with Gasteiger partial charge in [0.05, 0.1) is 11.8 Å². The lowest BCUT2D eigenvalue weighted by Crippen LogP contribution is -2.27. The van der Waals surface area contributed by atoms with Crippen LogP contribution >= 0.6 is 0 Å². The van der Waals surface area contributed by atoms with Crippen molar-refractivity contribution in [3.05, 3.63) is 12.2 Å². The molecule has 1 rings (SSSR count). The SMILES string of the molecule is C/C=C/CCNC(=O)[C@H]1[C@@H](C(=O)O)C1(C)C. The van der Waals surface area contributed by atoms with Crippen LogP contribution in [0.5, 0.6) is 0 Å². The number of carbonyl (C=O) groups is 2. The van der Waals surface area contributed by atoms with Gasteiger partial charge in [0.15, 0.2) is 0 Å². The first kappa shape index (κ1) is 12.7. The third-order valence-corrected chi connectivity index (χ3v) is 3.22. The summed E-state index contributed by atoms with van der Waals surface area (Å²) in [6.07, 6.45) is 4.67. The summed E-state index contributed by atoms with van der Waals surface area (Å²) in [5, 5.41) is 11.7. The average molecular weight is 225 g/mol. The number of carboxylic acid groups (broad SMARTS) is 1. The molecular formula is C12H19NO3. The maximum Gasteiger partial charge on any atom is 0.307 e. The van der Waals surface area contributed by atoms with Gasteiger partial charge in [-0.15, -0.1) is 0 Å². The van der Waals surface area contributed by atoms with Crippen molar-refractivity contribution in [1.82, 2.24) is 5.32 Å². The molecule has 0 aromatic rings. The minimum Gasteiger partial charge on any atom is -0.481 e. The van der Waals surface area contributed by atoms with E-state index in [1.165, 1.54) is 0 Å². The summed E-state index contributed by atoms with van der Waals surface area (Å²) in [6.45, 7) is 6.14. The van der Waals surface area contributed by atoms with Gasteiger partial charge in [-0.2, -0.15) is 0 Å². The summed E-state index contributed by atoms with van der Waals surface area (Å²) in [5.41, 5.74) is -0.406. The van der Waals surface area contributed by atoms with Crippen LogP contribution in [-0.4, -0.2) is 23.5 Å². The van der Waals surface area contributed by atoms with E-state index in [4.69, 9.17) is 5.11 Å². The zero-order valence-corrected chi connectivity index (χ0v) is 9.99. The quantitative estimate of drug-likeness (QED) is 0.549. The van der Waals surface area contributed by atoms with Crippen molar-refractivity contribution in [2.24, 2.45) is 17.3 Å². The van der Waals surface area contributed by atoms with E-state index in [9.17, 15) is 9.59 Å². The molecule has 0 heterocycles. The molecule has 1 saturated carbocycles. The minimum absolute atomic E-state index is 0.137. The van der Waals surface area contributed by atoms with Gasteiger partial charge in [0.1, 0.15) is 0 Å². The van der Waals surface area contributed by atoms with Crippen LogP contribution < -0.4 is 5.32 Å². The van der Waals surface area contributed by atoms with E-state index in [0.29, 0.717) is 6.54 Å². The fourth-order valence-electron chi connectivity index (χ4n) is 2.14. The zero-order valence-electron chi connectivity index (χ0n) is 9.99. The molecule has 2 atom stereocenters. The van der Waals surface area contributed by atoms with Crippen LogP contribution in [0.1, 0.15) is 27.2 Å². The van der Waals surface area contributed by atoms with Gasteiger partial charge in [-0.3, -0.25) is 9.59 Å². The fraction of sp³-hybridized carbons (Fsp3) is 0.667. The number of carbonyl (C=O) groups excluding carboxylic acids is 1. The summed E-state index contributed by atoms with van der Waals surface area (Å²) in [6, 6.07) is 0. The Morgan fingerprint density at radius 1 is 1.38 bits per heavy atom. The monoisotopic (exact) mass is 225 g/mol. The van der Waals surface area contributed by atoms with E-state index < -0.39 is 17.3 Å². The highest BCUT2D eigenvalue weighted by Gasteiger charge is 2.65. The molecule has 0 unspecified atom stereocenters. The summed E-state index contributed by atoms with van der Waals surface area (Å²) in [5.74, 6) is -1.93. The first-order chi connectivity index (χ1) is 7.42. The third kappa shape index (κ3) is 2.43. The van der Waals surface area contributed by atoms with E-state index in [0.717, 1.165) is 6.42 Å². The number of allylic oxidation sites excluding steroid dienone is 1. The molecule has 4 heteroatoms. The average Bonchev–Trinajstić information content (AvgIpc) is 2.76. The Hall–Kier alpha value is -1.32. The molecule has 2 N–H and O–H groups in total. The van der Waals surface area contributed by atoms with E-state index in [1.807, 2.05) is 32.9 Å². The van der Waals surface area contributed by atoms with Crippen LogP contribution in [0.3, 0.4) is 0 Å². The second-order valence-corrected chi connectivity index (χ2v) is 4.76. The Morgan fingerprint density at radius 2 is 2.00 bits per heavy atom. The van der Waals surface area contributed by atoms with Crippen molar-refractivity contribution in [3.63, 3.8) is 0 Å². The molecule has 1 aliphatic carbocycles. The van der Waals surface area contributed by atoms with Gasteiger partial charge in [0, 0.05) is 6.54 Å². The van der Waals surface area contributed by atoms with Crippen molar-refractivity contribution < 1.29 is 14.7 Å². The second kappa shape index (κ2) is 4.68. The molecule has 1 fully saturated rings. The predicted octanol–water partition coefficient (Wildman–Crippen LogP) is 1.43. The number of aliphatic carboxylic acids is 1. The molecule has 0 aromatic carbocycles. The maximum atomic E-state index is 11.7. The highest BCUT2D eigenvalue weighted by Crippen LogP contribution is 2.58. The van der Waals surface area contributed by atoms with Crippen LogP contribution in [-0.2, 0) is 9.59 Å². The van der Waals surface area contributed by atoms with Crippen LogP contribution in [0.4, 0.5) is 0 Å². The molecule has 90 valence electrons. The summed E-state index contributed by atoms with van der Waals surface area (Å²) < 4.78 is 0. The molecule has 1 aliphatic rings. The van der Waals surface area contributed by atoms with Crippen molar-refractivity contribution in [3.8, 4) is 0 Å². The van der Waals surface area contributed by atoms with Gasteiger partial charge in [-0.25, -0.2) is 0 Å². The van der Waals surface area contributed by atoms with Gasteiger partial charge in [-0.1, -0.05) is 26.0 Å². The number of amides is 1. The fourth-order valence-corrected chi connectivity index (χ4v) is 2.14. The van der Waals surface area contributed by atoms with Gasteiger partial charge < -0.3 is 10.4 Å². The Balaban J connectivity index is 2.42. The van der Waals surface area contributed by atoms with Crippen molar-refractivity contribution >= 4 is 11.9 Å². The molecule has 0 radical (unpaired) electrons. The van der Waals surface area contributed by atoms with E-state index >= 15 is 0 Å². The lowest BCUT2D eigenvalue weighted by atomic mass is 10.1. The highest BCUT2D eigenvalue weighted by molar-refractivity contribution is 5.91. The number of nitrogens with one attached hydrogen (secondary N) is 1. The zero-order chi connectivity index (χ0) is 12.3. The molecule has 0 bridgehead atoms. The van der Waals surface area contributed by atoms with Crippen LogP contribution in [0, 0.1) is 17.3 Å². The summed E-state index contributed by atoms with van der Waals surface area (Å²) in [7, 11) is 0. The lowest BCUT2D eigenvalue weighted by Gasteiger charge is -2.03. The summed E-state index contributed by atoms with van der Waals surface area (Å²) >= 11 is 0. The molecule has 0 aromatic heterocycles. The lowest BCUT2D eigenvalue weighted by molar-refractivity contribution is -0.140. The normalized spacial score (nSPS) is 26.7. The van der Waals surface area contributed by atoms with Crippen LogP contribution in [0.2, 0.25) is 0 Å². The topological polar surface area (TPSA) is 66.4 Å². The number of rotatable bonds is 5. The van der Waals surface area contributed by atoms with Gasteiger partial charge >= 0.3 is 5.97 Å². The van der Waals surface area contributed by atoms with Crippen LogP contribution in [0.15, 0.2) is 12.2 Å². The highest BCUT2D eigenvalue weighted by atomic mass is 16.4. The van der Waals surface area contributed by atoms with Crippen LogP contribution in [0.25, 0.3) is 0 Å². The van der Waals surface area contributed by atoms with Crippen molar-refractivity contribution in [2.45, 2.75) is 27.2 Å². The third-order valence-electron chi connectivity index (χ3n) is 3.22. The molecule has 0 saturated heterocycles. The smallest absolute Gasteiger partial charge is 0.307 e. The van der Waals surface area contributed by atoms with E-state index in [-0.39, 0.29) is 11.8 Å². The van der Waals surface area contributed by atoms with Crippen molar-refractivity contribution in [1.29, 1.82) is 0 Å². The molecule has 0 spiro atoms. The van der Waals surface area contributed by atoms with E-state index in [1.54, 1.807) is 0 Å². The standard InChI is InChI=1S/C12H19NO3/c1-4-5-6-7-13-10(14)8-9(11(15)16)12(8,2)3/h4-5,8-9H,6-7H2,1-3H3,(H,13,14)(H,15,16)/b5-4+/t8-,9+/m1/s1. The number of hydrogen-bond donors (Lipinski definition) is 2. The van der Waals surface area contributed by atoms with Gasteiger partial charge in [0.2, 0.25) is 5.91 Å². The molecule has 16 heavy (non-hydrogen) atoms. The van der Waals surface area contributed by atoms with Gasteiger partial charge in [-0.05, 0) is 18.8 Å². The molecule has 0 aliphatic heterocycles. The first-order valence-electron chi connectivity index (χ1n) is 5.54. The maximum absolute atomic E-state index is 11.7. The molecule has 1 amide bonds. The Labute approximate surface area is 95.7 Å².